The molecule has 3 atom stereocenters. The van der Waals surface area contributed by atoms with Gasteiger partial charge in [0.15, 0.2) is 0 Å². The molecule has 0 spiro atoms. The van der Waals surface area contributed by atoms with Crippen LogP contribution in [-0.4, -0.2) is 6.04 Å². The smallest absolute Gasteiger partial charge is 0.0499 e. The van der Waals surface area contributed by atoms with Gasteiger partial charge in [-0.05, 0) is 23.8 Å². The minimum Gasteiger partial charge on any atom is -0.0894 e. The normalized spacial score (nSPS) is 43.8. The van der Waals surface area contributed by atoms with Crippen LogP contribution in [0.25, 0.3) is 10.4 Å². The highest BCUT2D eigenvalue weighted by molar-refractivity contribution is 5.19. The van der Waals surface area contributed by atoms with Crippen LogP contribution in [0.5, 0.6) is 0 Å². The number of hydrogen-bond acceptors (Lipinski definition) is 1. The summed E-state index contributed by atoms with van der Waals surface area (Å²) < 4.78 is 0. The Morgan fingerprint density at radius 1 is 1.44 bits per heavy atom. The molecule has 9 heavy (non-hydrogen) atoms. The Morgan fingerprint density at radius 2 is 2.11 bits per heavy atom. The van der Waals surface area contributed by atoms with Crippen LogP contribution in [0.3, 0.4) is 0 Å². The molecule has 0 aromatic heterocycles. The van der Waals surface area contributed by atoms with Crippen molar-refractivity contribution in [1.82, 2.24) is 0 Å². The van der Waals surface area contributed by atoms with Crippen LogP contribution in [0.15, 0.2) is 17.3 Å². The van der Waals surface area contributed by atoms with Gasteiger partial charge < -0.3 is 0 Å². The number of azide groups is 1. The molecule has 0 aromatic carbocycles. The molecule has 0 radical (unpaired) electrons. The summed E-state index contributed by atoms with van der Waals surface area (Å²) in [7, 11) is 0. The fourth-order valence-corrected chi connectivity index (χ4v) is 1.62. The van der Waals surface area contributed by atoms with Gasteiger partial charge in [0.25, 0.3) is 0 Å². The molecule has 0 amide bonds. The first-order chi connectivity index (χ1) is 4.42. The first kappa shape index (κ1) is 4.89. The van der Waals surface area contributed by atoms with Gasteiger partial charge in [0, 0.05) is 11.0 Å². The van der Waals surface area contributed by atoms with Crippen LogP contribution in [0, 0.1) is 11.8 Å². The van der Waals surface area contributed by atoms with Gasteiger partial charge in [-0.2, -0.15) is 0 Å². The van der Waals surface area contributed by atoms with Crippen molar-refractivity contribution < 1.29 is 0 Å². The van der Waals surface area contributed by atoms with E-state index >= 15 is 0 Å². The lowest BCUT2D eigenvalue weighted by Gasteiger charge is -2.31. The topological polar surface area (TPSA) is 48.8 Å². The monoisotopic (exact) mass is 121 g/mol. The van der Waals surface area contributed by atoms with Crippen molar-refractivity contribution in [2.45, 2.75) is 12.5 Å². The highest BCUT2D eigenvalue weighted by atomic mass is 15.2. The zero-order chi connectivity index (χ0) is 6.27. The van der Waals surface area contributed by atoms with Crippen LogP contribution in [0.2, 0.25) is 0 Å². The maximum Gasteiger partial charge on any atom is 0.0499 e. The van der Waals surface area contributed by atoms with Gasteiger partial charge in [0.1, 0.15) is 0 Å². The number of nitrogens with zero attached hydrogens (tertiary/aromatic N) is 3. The van der Waals surface area contributed by atoms with E-state index in [0.29, 0.717) is 11.8 Å². The van der Waals surface area contributed by atoms with E-state index in [0.717, 1.165) is 0 Å². The van der Waals surface area contributed by atoms with Gasteiger partial charge in [-0.3, -0.25) is 0 Å². The third-order valence-corrected chi connectivity index (χ3v) is 2.21. The summed E-state index contributed by atoms with van der Waals surface area (Å²) in [5.74, 6) is 1.15. The van der Waals surface area contributed by atoms with Crippen molar-refractivity contribution in [2.75, 3.05) is 0 Å². The second-order valence-corrected chi connectivity index (χ2v) is 2.64. The Morgan fingerprint density at radius 3 is 2.56 bits per heavy atom. The Balaban J connectivity index is 2.14. The van der Waals surface area contributed by atoms with Crippen LogP contribution < -0.4 is 0 Å². The molecule has 1 saturated carbocycles. The van der Waals surface area contributed by atoms with Gasteiger partial charge in [0.2, 0.25) is 0 Å². The van der Waals surface area contributed by atoms with E-state index in [9.17, 15) is 0 Å². The Bertz CT molecular complexity index is 190. The summed E-state index contributed by atoms with van der Waals surface area (Å²) >= 11 is 0. The fraction of sp³-hybridized carbons (Fsp3) is 0.667. The zero-order valence-electron chi connectivity index (χ0n) is 4.94. The summed E-state index contributed by atoms with van der Waals surface area (Å²) in [5, 5.41) is 3.67. The van der Waals surface area contributed by atoms with Gasteiger partial charge in [0.05, 0.1) is 0 Å². The number of hydrogen-bond donors (Lipinski definition) is 0. The van der Waals surface area contributed by atoms with Gasteiger partial charge >= 0.3 is 0 Å². The molecular formula is C6H7N3. The molecule has 0 heterocycles. The first-order valence-electron chi connectivity index (χ1n) is 3.14. The van der Waals surface area contributed by atoms with Gasteiger partial charge in [-0.15, -0.1) is 0 Å². The molecule has 0 N–H and O–H groups in total. The van der Waals surface area contributed by atoms with Crippen molar-refractivity contribution in [3.8, 4) is 0 Å². The zero-order valence-corrected chi connectivity index (χ0v) is 4.94. The van der Waals surface area contributed by atoms with E-state index in [-0.39, 0.29) is 6.04 Å². The molecule has 0 saturated heterocycles. The maximum absolute atomic E-state index is 8.10. The van der Waals surface area contributed by atoms with Gasteiger partial charge in [-0.1, -0.05) is 17.3 Å². The van der Waals surface area contributed by atoms with Crippen molar-refractivity contribution in [3.63, 3.8) is 0 Å². The molecule has 3 aliphatic rings. The second-order valence-electron chi connectivity index (χ2n) is 2.64. The van der Waals surface area contributed by atoms with Crippen molar-refractivity contribution in [1.29, 1.82) is 0 Å². The molecule has 2 bridgehead atoms. The van der Waals surface area contributed by atoms with E-state index in [1.54, 1.807) is 0 Å². The van der Waals surface area contributed by atoms with E-state index in [1.165, 1.54) is 6.42 Å². The summed E-state index contributed by atoms with van der Waals surface area (Å²) in [6, 6.07) is 0.273. The number of rotatable bonds is 1. The molecule has 3 heteroatoms. The predicted molar refractivity (Wildman–Crippen MR) is 33.7 cm³/mol. The molecular weight excluding hydrogens is 114 g/mol. The Kier molecular flexibility index (Phi) is 0.822. The average molecular weight is 121 g/mol. The summed E-state index contributed by atoms with van der Waals surface area (Å²) in [6.45, 7) is 0. The standard InChI is InChI=1S/C6H7N3/c7-9-8-6-4-1-2-5(6)3-4/h1-2,4-6H,3H2/t4-,5+,6?. The molecule has 1 fully saturated rings. The van der Waals surface area contributed by atoms with E-state index < -0.39 is 0 Å². The largest absolute Gasteiger partial charge is 0.0894 e. The molecule has 1 unspecified atom stereocenters. The van der Waals surface area contributed by atoms with Crippen LogP contribution >= 0.6 is 0 Å². The lowest BCUT2D eigenvalue weighted by atomic mass is 9.78. The van der Waals surface area contributed by atoms with E-state index in [4.69, 9.17) is 5.53 Å². The molecule has 3 aliphatic carbocycles. The summed E-state index contributed by atoms with van der Waals surface area (Å²) in [6.07, 6.45) is 5.53. The van der Waals surface area contributed by atoms with E-state index in [2.05, 4.69) is 22.2 Å². The SMILES string of the molecule is [N-]=[N+]=NC1[C@@H]2C=C[C@H]1C2. The first-order valence-corrected chi connectivity index (χ1v) is 3.14. The second kappa shape index (κ2) is 1.52. The highest BCUT2D eigenvalue weighted by Crippen LogP contribution is 2.44. The van der Waals surface area contributed by atoms with Crippen LogP contribution in [-0.2, 0) is 0 Å². The Labute approximate surface area is 53.0 Å². The van der Waals surface area contributed by atoms with E-state index in [1.807, 2.05) is 0 Å². The summed E-state index contributed by atoms with van der Waals surface area (Å²) in [4.78, 5) is 2.78. The lowest BCUT2D eigenvalue weighted by Crippen LogP contribution is -2.32. The maximum atomic E-state index is 8.10. The fourth-order valence-electron chi connectivity index (χ4n) is 1.62. The minimum atomic E-state index is 0.273. The minimum absolute atomic E-state index is 0.273. The quantitative estimate of drug-likeness (QED) is 0.220. The van der Waals surface area contributed by atoms with Gasteiger partial charge in [-0.25, -0.2) is 0 Å². The molecule has 3 rings (SSSR count). The Hall–Kier alpha value is -0.950. The van der Waals surface area contributed by atoms with Crippen molar-refractivity contribution in [3.05, 3.63) is 22.6 Å². The molecule has 0 aromatic rings. The molecule has 3 nitrogen and oxygen atoms in total. The molecule has 0 aliphatic heterocycles. The third-order valence-electron chi connectivity index (χ3n) is 2.21. The third kappa shape index (κ3) is 0.495. The highest BCUT2D eigenvalue weighted by Gasteiger charge is 2.41. The predicted octanol–water partition coefficient (Wildman–Crippen LogP) is 1.87. The van der Waals surface area contributed by atoms with Crippen molar-refractivity contribution in [2.24, 2.45) is 17.0 Å². The average Bonchev–Trinajstić information content (AvgIpc) is 2.39. The van der Waals surface area contributed by atoms with Crippen molar-refractivity contribution >= 4 is 0 Å². The lowest BCUT2D eigenvalue weighted by molar-refractivity contribution is 0.268. The van der Waals surface area contributed by atoms with Crippen LogP contribution in [0.4, 0.5) is 0 Å². The molecule has 46 valence electrons. The van der Waals surface area contributed by atoms with Crippen LogP contribution in [0.1, 0.15) is 6.42 Å². The summed E-state index contributed by atoms with van der Waals surface area (Å²) in [5.41, 5.74) is 8.10.